The second-order valence-electron chi connectivity index (χ2n) is 6.07. The van der Waals surface area contributed by atoms with Gasteiger partial charge < -0.3 is 21.3 Å². The molecule has 0 aromatic heterocycles. The molecule has 5 nitrogen and oxygen atoms in total. The predicted octanol–water partition coefficient (Wildman–Crippen LogP) is 0.993. The van der Waals surface area contributed by atoms with Gasteiger partial charge in [-0.15, -0.1) is 0 Å². The topological polar surface area (TPSA) is 87.4 Å². The summed E-state index contributed by atoms with van der Waals surface area (Å²) in [6, 6.07) is 6.95. The van der Waals surface area contributed by atoms with Crippen molar-refractivity contribution in [1.82, 2.24) is 5.32 Å². The Balaban J connectivity index is 2.58. The first-order valence-corrected chi connectivity index (χ1v) is 6.78. The number of anilines is 1. The van der Waals surface area contributed by atoms with Crippen LogP contribution in [0.5, 0.6) is 0 Å². The van der Waals surface area contributed by atoms with Crippen molar-refractivity contribution in [2.45, 2.75) is 45.6 Å². The lowest BCUT2D eigenvalue weighted by Gasteiger charge is -2.23. The molecule has 5 N–H and O–H groups in total. The standard InChI is InChI=1S/C14H24BN3O2/c1-14(2,3)17-13(19)12(16)9-10-5-7-11(8-6-10)18-15(4)20/h5-8,12,18,20H,9,16H2,1-4H3,(H,17,19). The minimum absolute atomic E-state index is 0.149. The highest BCUT2D eigenvalue weighted by Crippen LogP contribution is 2.11. The van der Waals surface area contributed by atoms with Crippen molar-refractivity contribution in [1.29, 1.82) is 0 Å². The molecule has 1 unspecified atom stereocenters. The average molecular weight is 277 g/mol. The first-order chi connectivity index (χ1) is 9.17. The van der Waals surface area contributed by atoms with E-state index < -0.39 is 13.1 Å². The molecule has 1 amide bonds. The second kappa shape index (κ2) is 6.77. The van der Waals surface area contributed by atoms with Gasteiger partial charge in [-0.05, 0) is 51.7 Å². The summed E-state index contributed by atoms with van der Waals surface area (Å²) in [6.07, 6.45) is 0.483. The normalized spacial score (nSPS) is 12.7. The number of amides is 1. The molecule has 20 heavy (non-hydrogen) atoms. The second-order valence-corrected chi connectivity index (χ2v) is 6.07. The van der Waals surface area contributed by atoms with Crippen molar-refractivity contribution < 1.29 is 9.82 Å². The van der Waals surface area contributed by atoms with E-state index in [0.29, 0.717) is 6.42 Å². The number of nitrogens with one attached hydrogen (secondary N) is 2. The van der Waals surface area contributed by atoms with E-state index in [-0.39, 0.29) is 11.4 Å². The number of carbonyl (C=O) groups excluding carboxylic acids is 1. The Hall–Kier alpha value is -1.53. The molecule has 1 aromatic carbocycles. The number of benzene rings is 1. The summed E-state index contributed by atoms with van der Waals surface area (Å²) in [5, 5.41) is 15.0. The molecule has 0 saturated carbocycles. The van der Waals surface area contributed by atoms with Crippen LogP contribution in [0.3, 0.4) is 0 Å². The van der Waals surface area contributed by atoms with Crippen LogP contribution in [0.2, 0.25) is 6.82 Å². The molecule has 0 radical (unpaired) electrons. The van der Waals surface area contributed by atoms with Crippen LogP contribution in [0.4, 0.5) is 5.69 Å². The fourth-order valence-corrected chi connectivity index (χ4v) is 1.79. The van der Waals surface area contributed by atoms with Crippen LogP contribution in [-0.2, 0) is 11.2 Å². The van der Waals surface area contributed by atoms with Crippen LogP contribution in [0.1, 0.15) is 26.3 Å². The summed E-state index contributed by atoms with van der Waals surface area (Å²) < 4.78 is 0. The Bertz CT molecular complexity index is 441. The predicted molar refractivity (Wildman–Crippen MR) is 83.5 cm³/mol. The fraction of sp³-hybridized carbons (Fsp3) is 0.500. The van der Waals surface area contributed by atoms with Crippen LogP contribution in [0, 0.1) is 0 Å². The largest absolute Gasteiger partial charge is 0.433 e. The highest BCUT2D eigenvalue weighted by Gasteiger charge is 2.19. The number of rotatable bonds is 5. The summed E-state index contributed by atoms with van der Waals surface area (Å²) in [7, 11) is -0.597. The van der Waals surface area contributed by atoms with Gasteiger partial charge in [0.2, 0.25) is 5.91 Å². The minimum Gasteiger partial charge on any atom is -0.433 e. The molecule has 0 spiro atoms. The number of nitrogens with two attached hydrogens (primary N) is 1. The van der Waals surface area contributed by atoms with Gasteiger partial charge in [0, 0.05) is 11.2 Å². The van der Waals surface area contributed by atoms with Crippen LogP contribution in [0.15, 0.2) is 24.3 Å². The van der Waals surface area contributed by atoms with E-state index in [1.807, 2.05) is 45.0 Å². The Morgan fingerprint density at radius 1 is 1.35 bits per heavy atom. The maximum Gasteiger partial charge on any atom is 0.406 e. The molecule has 0 bridgehead atoms. The smallest absolute Gasteiger partial charge is 0.406 e. The lowest BCUT2D eigenvalue weighted by Crippen LogP contribution is -2.49. The van der Waals surface area contributed by atoms with Crippen molar-refractivity contribution >= 4 is 18.6 Å². The average Bonchev–Trinajstić information content (AvgIpc) is 2.28. The van der Waals surface area contributed by atoms with E-state index in [4.69, 9.17) is 5.73 Å². The van der Waals surface area contributed by atoms with Crippen LogP contribution < -0.4 is 16.3 Å². The van der Waals surface area contributed by atoms with Crippen molar-refractivity contribution in [3.05, 3.63) is 29.8 Å². The summed E-state index contributed by atoms with van der Waals surface area (Å²) in [5.74, 6) is -0.149. The van der Waals surface area contributed by atoms with Gasteiger partial charge in [0.15, 0.2) is 0 Å². The van der Waals surface area contributed by atoms with Crippen molar-refractivity contribution in [3.8, 4) is 0 Å². The Kier molecular flexibility index (Phi) is 5.59. The molecule has 0 aliphatic rings. The molecule has 6 heteroatoms. The van der Waals surface area contributed by atoms with Gasteiger partial charge in [-0.1, -0.05) is 12.1 Å². The molecule has 0 aliphatic heterocycles. The Labute approximate surface area is 121 Å². The molecular weight excluding hydrogens is 253 g/mol. The Morgan fingerprint density at radius 3 is 2.35 bits per heavy atom. The van der Waals surface area contributed by atoms with Gasteiger partial charge >= 0.3 is 7.05 Å². The molecule has 0 fully saturated rings. The maximum atomic E-state index is 11.9. The summed E-state index contributed by atoms with van der Waals surface area (Å²) >= 11 is 0. The van der Waals surface area contributed by atoms with Gasteiger partial charge in [0.05, 0.1) is 6.04 Å². The molecule has 1 aromatic rings. The van der Waals surface area contributed by atoms with E-state index in [2.05, 4.69) is 10.5 Å². The number of carbonyl (C=O) groups is 1. The summed E-state index contributed by atoms with van der Waals surface area (Å²) in [5.41, 5.74) is 7.44. The SMILES string of the molecule is CB(O)Nc1ccc(CC(N)C(=O)NC(C)(C)C)cc1. The summed E-state index contributed by atoms with van der Waals surface area (Å²) in [4.78, 5) is 11.9. The molecule has 0 aliphatic carbocycles. The van der Waals surface area contributed by atoms with Gasteiger partial charge in [0.25, 0.3) is 0 Å². The summed E-state index contributed by atoms with van der Waals surface area (Å²) in [6.45, 7) is 7.43. The van der Waals surface area contributed by atoms with E-state index in [9.17, 15) is 9.82 Å². The van der Waals surface area contributed by atoms with Gasteiger partial charge in [0.1, 0.15) is 0 Å². The van der Waals surface area contributed by atoms with E-state index in [1.165, 1.54) is 0 Å². The highest BCUT2D eigenvalue weighted by atomic mass is 16.2. The van der Waals surface area contributed by atoms with E-state index >= 15 is 0 Å². The first-order valence-electron chi connectivity index (χ1n) is 6.78. The molecule has 0 saturated heterocycles. The van der Waals surface area contributed by atoms with Gasteiger partial charge in [-0.2, -0.15) is 0 Å². The van der Waals surface area contributed by atoms with E-state index in [0.717, 1.165) is 11.3 Å². The van der Waals surface area contributed by atoms with Gasteiger partial charge in [-0.3, -0.25) is 4.79 Å². The molecule has 1 atom stereocenters. The maximum absolute atomic E-state index is 11.9. The minimum atomic E-state index is -0.597. The zero-order valence-electron chi connectivity index (χ0n) is 12.6. The van der Waals surface area contributed by atoms with Gasteiger partial charge in [-0.25, -0.2) is 0 Å². The molecule has 110 valence electrons. The first kappa shape index (κ1) is 16.5. The zero-order valence-corrected chi connectivity index (χ0v) is 12.6. The lowest BCUT2D eigenvalue weighted by atomic mass is 9.88. The van der Waals surface area contributed by atoms with Crippen molar-refractivity contribution in [3.63, 3.8) is 0 Å². The van der Waals surface area contributed by atoms with Crippen molar-refractivity contribution in [2.24, 2.45) is 5.73 Å². The number of hydrogen-bond donors (Lipinski definition) is 4. The Morgan fingerprint density at radius 2 is 1.90 bits per heavy atom. The monoisotopic (exact) mass is 277 g/mol. The highest BCUT2D eigenvalue weighted by molar-refractivity contribution is 6.52. The molecule has 0 heterocycles. The third kappa shape index (κ3) is 6.08. The third-order valence-corrected chi connectivity index (χ3v) is 2.62. The fourth-order valence-electron chi connectivity index (χ4n) is 1.79. The number of hydrogen-bond acceptors (Lipinski definition) is 4. The molecular formula is C14H24BN3O2. The zero-order chi connectivity index (χ0) is 15.3. The van der Waals surface area contributed by atoms with Crippen molar-refractivity contribution in [2.75, 3.05) is 5.23 Å². The quantitative estimate of drug-likeness (QED) is 0.604. The van der Waals surface area contributed by atoms with Crippen LogP contribution >= 0.6 is 0 Å². The third-order valence-electron chi connectivity index (χ3n) is 2.62. The molecule has 1 rings (SSSR count). The van der Waals surface area contributed by atoms with E-state index in [1.54, 1.807) is 6.82 Å². The lowest BCUT2D eigenvalue weighted by molar-refractivity contribution is -0.123. The van der Waals surface area contributed by atoms with Crippen LogP contribution in [-0.4, -0.2) is 29.6 Å². The van der Waals surface area contributed by atoms with Crippen LogP contribution in [0.25, 0.3) is 0 Å².